The first kappa shape index (κ1) is 24.1. The molecule has 1 aromatic heterocycles. The number of aromatic nitrogens is 3. The fourth-order valence-corrected chi connectivity index (χ4v) is 5.32. The summed E-state index contributed by atoms with van der Waals surface area (Å²) in [5.74, 6) is 1.76. The predicted octanol–water partition coefficient (Wildman–Crippen LogP) is 6.49. The maximum atomic E-state index is 12.3. The van der Waals surface area contributed by atoms with Crippen molar-refractivity contribution < 1.29 is 4.79 Å². The van der Waals surface area contributed by atoms with E-state index in [4.69, 9.17) is 23.2 Å². The van der Waals surface area contributed by atoms with Crippen molar-refractivity contribution in [2.75, 3.05) is 5.75 Å². The minimum absolute atomic E-state index is 0.151. The number of thioether (sulfide) groups is 1. The van der Waals surface area contributed by atoms with Crippen LogP contribution in [0.4, 0.5) is 0 Å². The van der Waals surface area contributed by atoms with Crippen molar-refractivity contribution >= 4 is 40.9 Å². The predicted molar refractivity (Wildman–Crippen MR) is 136 cm³/mol. The highest BCUT2D eigenvalue weighted by atomic mass is 35.5. The molecule has 1 heterocycles. The minimum atomic E-state index is 0.151. The summed E-state index contributed by atoms with van der Waals surface area (Å²) in [6, 6.07) is 16.1. The molecule has 1 saturated carbocycles. The number of carbonyl (C=O) groups is 1. The van der Waals surface area contributed by atoms with E-state index in [1.807, 2.05) is 34.9 Å². The fraction of sp³-hybridized carbons (Fsp3) is 0.400. The van der Waals surface area contributed by atoms with Gasteiger partial charge < -0.3 is 5.32 Å². The third-order valence-electron chi connectivity index (χ3n) is 5.82. The summed E-state index contributed by atoms with van der Waals surface area (Å²) in [6.45, 7) is 0. The lowest BCUT2D eigenvalue weighted by Crippen LogP contribution is -2.36. The van der Waals surface area contributed by atoms with Crippen LogP contribution in [-0.4, -0.2) is 32.5 Å². The van der Waals surface area contributed by atoms with Crippen LogP contribution < -0.4 is 5.32 Å². The Hall–Kier alpha value is -2.02. The van der Waals surface area contributed by atoms with Gasteiger partial charge >= 0.3 is 0 Å². The van der Waals surface area contributed by atoms with Gasteiger partial charge in [-0.2, -0.15) is 0 Å². The van der Waals surface area contributed by atoms with Crippen LogP contribution in [0.25, 0.3) is 5.69 Å². The van der Waals surface area contributed by atoms with Crippen molar-refractivity contribution in [1.82, 2.24) is 20.1 Å². The van der Waals surface area contributed by atoms with Gasteiger partial charge in [0.25, 0.3) is 0 Å². The lowest BCUT2D eigenvalue weighted by molar-refractivity contribution is -0.122. The molecule has 33 heavy (non-hydrogen) atoms. The average molecular weight is 503 g/mol. The van der Waals surface area contributed by atoms with Crippen LogP contribution in [0.5, 0.6) is 0 Å². The molecule has 1 N–H and O–H groups in total. The molecule has 0 radical (unpaired) electrons. The maximum absolute atomic E-state index is 12.3. The van der Waals surface area contributed by atoms with E-state index >= 15 is 0 Å². The summed E-state index contributed by atoms with van der Waals surface area (Å²) in [6.07, 6.45) is 7.90. The quantitative estimate of drug-likeness (QED) is 0.268. The SMILES string of the molecule is O=C(CCCSc1nnc(Cc2ccccc2)n1-c1ccc(Cl)c(Cl)c1)NC1CCCCC1. The Kier molecular flexibility index (Phi) is 8.70. The van der Waals surface area contributed by atoms with Gasteiger partial charge in [-0.3, -0.25) is 9.36 Å². The molecule has 1 fully saturated rings. The Morgan fingerprint density at radius 2 is 1.82 bits per heavy atom. The molecular formula is C25H28Cl2N4OS. The van der Waals surface area contributed by atoms with Crippen LogP contribution in [-0.2, 0) is 11.2 Å². The van der Waals surface area contributed by atoms with Crippen LogP contribution in [0.3, 0.4) is 0 Å². The van der Waals surface area contributed by atoms with E-state index in [2.05, 4.69) is 27.6 Å². The number of hydrogen-bond donors (Lipinski definition) is 1. The first-order valence-corrected chi connectivity index (χ1v) is 13.2. The Morgan fingerprint density at radius 1 is 1.03 bits per heavy atom. The molecule has 3 aromatic rings. The molecule has 0 saturated heterocycles. The molecule has 1 amide bonds. The number of amides is 1. The van der Waals surface area contributed by atoms with Crippen molar-refractivity contribution in [2.24, 2.45) is 0 Å². The largest absolute Gasteiger partial charge is 0.353 e. The van der Waals surface area contributed by atoms with Crippen LogP contribution in [0, 0.1) is 0 Å². The van der Waals surface area contributed by atoms with Crippen LogP contribution in [0.15, 0.2) is 53.7 Å². The molecule has 0 unspecified atom stereocenters. The number of halogens is 2. The van der Waals surface area contributed by atoms with Gasteiger partial charge in [0.1, 0.15) is 5.82 Å². The summed E-state index contributed by atoms with van der Waals surface area (Å²) in [7, 11) is 0. The van der Waals surface area contributed by atoms with E-state index in [1.54, 1.807) is 17.8 Å². The molecule has 5 nitrogen and oxygen atoms in total. The molecule has 0 atom stereocenters. The Morgan fingerprint density at radius 3 is 2.58 bits per heavy atom. The number of nitrogens with zero attached hydrogens (tertiary/aromatic N) is 3. The van der Waals surface area contributed by atoms with Crippen molar-refractivity contribution in [3.05, 3.63) is 70.0 Å². The molecule has 0 bridgehead atoms. The van der Waals surface area contributed by atoms with E-state index in [-0.39, 0.29) is 5.91 Å². The van der Waals surface area contributed by atoms with Gasteiger partial charge in [0.15, 0.2) is 5.16 Å². The fourth-order valence-electron chi connectivity index (χ4n) is 4.11. The maximum Gasteiger partial charge on any atom is 0.220 e. The molecule has 2 aromatic carbocycles. The van der Waals surface area contributed by atoms with Gasteiger partial charge in [0, 0.05) is 24.6 Å². The van der Waals surface area contributed by atoms with Crippen LogP contribution >= 0.6 is 35.0 Å². The van der Waals surface area contributed by atoms with E-state index in [9.17, 15) is 4.79 Å². The first-order chi connectivity index (χ1) is 16.1. The second-order valence-corrected chi connectivity index (χ2v) is 10.2. The van der Waals surface area contributed by atoms with Gasteiger partial charge in [0.2, 0.25) is 5.91 Å². The van der Waals surface area contributed by atoms with Crippen molar-refractivity contribution in [3.8, 4) is 5.69 Å². The van der Waals surface area contributed by atoms with Gasteiger partial charge in [0.05, 0.1) is 15.7 Å². The Balaban J connectivity index is 1.42. The number of benzene rings is 2. The number of carbonyl (C=O) groups excluding carboxylic acids is 1. The van der Waals surface area contributed by atoms with E-state index < -0.39 is 0 Å². The van der Waals surface area contributed by atoms with E-state index in [0.29, 0.717) is 28.9 Å². The van der Waals surface area contributed by atoms with Crippen LogP contribution in [0.2, 0.25) is 10.0 Å². The third-order valence-corrected chi connectivity index (χ3v) is 7.57. The highest BCUT2D eigenvalue weighted by Crippen LogP contribution is 2.29. The molecule has 8 heteroatoms. The summed E-state index contributed by atoms with van der Waals surface area (Å²) in [5, 5.41) is 13.9. The molecule has 0 spiro atoms. The zero-order chi connectivity index (χ0) is 23.0. The lowest BCUT2D eigenvalue weighted by Gasteiger charge is -2.22. The van der Waals surface area contributed by atoms with Gasteiger partial charge in [-0.1, -0.05) is 84.6 Å². The molecular weight excluding hydrogens is 475 g/mol. The van der Waals surface area contributed by atoms with Crippen molar-refractivity contribution in [2.45, 2.75) is 62.6 Å². The first-order valence-electron chi connectivity index (χ1n) is 11.5. The van der Waals surface area contributed by atoms with Gasteiger partial charge in [-0.15, -0.1) is 10.2 Å². The normalized spacial score (nSPS) is 14.4. The van der Waals surface area contributed by atoms with Crippen LogP contribution in [0.1, 0.15) is 56.3 Å². The Bertz CT molecular complexity index is 1070. The highest BCUT2D eigenvalue weighted by molar-refractivity contribution is 7.99. The van der Waals surface area contributed by atoms with E-state index in [0.717, 1.165) is 47.2 Å². The highest BCUT2D eigenvalue weighted by Gasteiger charge is 2.17. The zero-order valence-electron chi connectivity index (χ0n) is 18.5. The smallest absolute Gasteiger partial charge is 0.220 e. The van der Waals surface area contributed by atoms with Crippen molar-refractivity contribution in [1.29, 1.82) is 0 Å². The third kappa shape index (κ3) is 6.75. The monoisotopic (exact) mass is 502 g/mol. The second-order valence-electron chi connectivity index (χ2n) is 8.35. The summed E-state index contributed by atoms with van der Waals surface area (Å²) >= 11 is 14.0. The number of nitrogens with one attached hydrogen (secondary N) is 1. The summed E-state index contributed by atoms with van der Waals surface area (Å²) < 4.78 is 2.03. The molecule has 174 valence electrons. The standard InChI is InChI=1S/C25H28Cl2N4OS/c26-21-14-13-20(17-22(21)27)31-23(16-18-8-3-1-4-9-18)29-30-25(31)33-15-7-12-24(32)28-19-10-5-2-6-11-19/h1,3-4,8-9,13-14,17,19H,2,5-7,10-12,15-16H2,(H,28,32). The van der Waals surface area contributed by atoms with Gasteiger partial charge in [-0.05, 0) is 43.0 Å². The van der Waals surface area contributed by atoms with E-state index in [1.165, 1.54) is 19.3 Å². The minimum Gasteiger partial charge on any atom is -0.353 e. The summed E-state index contributed by atoms with van der Waals surface area (Å²) in [5.41, 5.74) is 2.03. The number of rotatable bonds is 9. The Labute approximate surface area is 209 Å². The average Bonchev–Trinajstić information content (AvgIpc) is 3.22. The van der Waals surface area contributed by atoms with Crippen molar-refractivity contribution in [3.63, 3.8) is 0 Å². The molecule has 1 aliphatic carbocycles. The zero-order valence-corrected chi connectivity index (χ0v) is 20.8. The topological polar surface area (TPSA) is 59.8 Å². The summed E-state index contributed by atoms with van der Waals surface area (Å²) in [4.78, 5) is 12.3. The van der Waals surface area contributed by atoms with Gasteiger partial charge in [-0.25, -0.2) is 0 Å². The molecule has 4 rings (SSSR count). The molecule has 1 aliphatic rings. The molecule has 0 aliphatic heterocycles. The number of hydrogen-bond acceptors (Lipinski definition) is 4. The lowest BCUT2D eigenvalue weighted by atomic mass is 9.95. The second kappa shape index (κ2) is 11.9.